The van der Waals surface area contributed by atoms with Crippen molar-refractivity contribution in [3.05, 3.63) is 41.7 Å². The van der Waals surface area contributed by atoms with Crippen LogP contribution in [0.4, 0.5) is 0 Å². The Bertz CT molecular complexity index is 320. The van der Waals surface area contributed by atoms with E-state index in [-0.39, 0.29) is 0 Å². The molecule has 1 rings (SSSR count). The molecule has 0 N–H and O–H groups in total. The largest absolute Gasteiger partial charge is 0.540 e. The molecule has 0 aliphatic carbocycles. The summed E-state index contributed by atoms with van der Waals surface area (Å²) in [6.07, 6.45) is 3.84. The first-order chi connectivity index (χ1) is 7.33. The number of hydrogen-bond acceptors (Lipinski definition) is 2. The normalized spacial score (nSPS) is 11.9. The molecule has 0 fully saturated rings. The van der Waals surface area contributed by atoms with Gasteiger partial charge in [0, 0.05) is 0 Å². The molecule has 1 aromatic rings. The van der Waals surface area contributed by atoms with Crippen molar-refractivity contribution in [3.63, 3.8) is 0 Å². The molecule has 0 aliphatic heterocycles. The molecule has 0 heterocycles. The zero-order valence-corrected chi connectivity index (χ0v) is 9.82. The zero-order chi connectivity index (χ0) is 10.9. The zero-order valence-electron chi connectivity index (χ0n) is 8.93. The van der Waals surface area contributed by atoms with E-state index in [1.807, 2.05) is 36.4 Å². The lowest BCUT2D eigenvalue weighted by atomic mass is 10.2. The molecule has 0 radical (unpaired) electrons. The lowest BCUT2D eigenvalue weighted by molar-refractivity contribution is 0.326. The van der Waals surface area contributed by atoms with Crippen molar-refractivity contribution in [3.8, 4) is 0 Å². The molecule has 80 valence electrons. The Morgan fingerprint density at radius 3 is 2.73 bits per heavy atom. The fraction of sp³-hybridized carbons (Fsp3) is 0.333. The highest BCUT2D eigenvalue weighted by atomic mass is 31.1. The Hall–Kier alpha value is -0.980. The molecule has 15 heavy (non-hydrogen) atoms. The van der Waals surface area contributed by atoms with Gasteiger partial charge in [0.25, 0.3) is 0 Å². The van der Waals surface area contributed by atoms with Crippen molar-refractivity contribution < 1.29 is 9.09 Å². The maximum absolute atomic E-state index is 11.3. The Labute approximate surface area is 91.8 Å². The standard InChI is InChI=1S/C12H16O2P/c1-2-3-10-14-15(13)11-9-12-7-5-4-6-8-12/h4-9,11H,2-3,10H2,1H3/q+1/b11-9+. The predicted molar refractivity (Wildman–Crippen MR) is 63.9 cm³/mol. The van der Waals surface area contributed by atoms with Crippen LogP contribution in [-0.2, 0) is 9.09 Å². The van der Waals surface area contributed by atoms with Crippen LogP contribution in [0.5, 0.6) is 0 Å². The topological polar surface area (TPSA) is 26.3 Å². The fourth-order valence-corrected chi connectivity index (χ4v) is 1.74. The van der Waals surface area contributed by atoms with Crippen molar-refractivity contribution in [1.29, 1.82) is 0 Å². The van der Waals surface area contributed by atoms with Crippen molar-refractivity contribution in [2.45, 2.75) is 19.8 Å². The van der Waals surface area contributed by atoms with Crippen molar-refractivity contribution in [1.82, 2.24) is 0 Å². The van der Waals surface area contributed by atoms with Gasteiger partial charge >= 0.3 is 8.03 Å². The maximum Gasteiger partial charge on any atom is 0.540 e. The first-order valence-electron chi connectivity index (χ1n) is 5.15. The molecule has 0 aliphatic rings. The highest BCUT2D eigenvalue weighted by Crippen LogP contribution is 2.25. The molecule has 0 bridgehead atoms. The van der Waals surface area contributed by atoms with Gasteiger partial charge in [0.2, 0.25) is 0 Å². The second kappa shape index (κ2) is 7.33. The molecular weight excluding hydrogens is 207 g/mol. The molecular formula is C12H16O2P+. The predicted octanol–water partition coefficient (Wildman–Crippen LogP) is 4.22. The molecule has 0 aromatic heterocycles. The third kappa shape index (κ3) is 5.46. The second-order valence-corrected chi connectivity index (χ2v) is 4.33. The van der Waals surface area contributed by atoms with Crippen LogP contribution in [0.2, 0.25) is 0 Å². The molecule has 0 spiro atoms. The quantitative estimate of drug-likeness (QED) is 0.533. The molecule has 1 aromatic carbocycles. The lowest BCUT2D eigenvalue weighted by Crippen LogP contribution is -1.82. The van der Waals surface area contributed by atoms with Crippen LogP contribution < -0.4 is 0 Å². The third-order valence-electron chi connectivity index (χ3n) is 1.90. The van der Waals surface area contributed by atoms with E-state index in [1.165, 1.54) is 0 Å². The van der Waals surface area contributed by atoms with Gasteiger partial charge in [-0.3, -0.25) is 0 Å². The highest BCUT2D eigenvalue weighted by molar-refractivity contribution is 7.43. The molecule has 0 saturated carbocycles. The van der Waals surface area contributed by atoms with E-state index >= 15 is 0 Å². The van der Waals surface area contributed by atoms with Gasteiger partial charge in [0.05, 0.1) is 0 Å². The van der Waals surface area contributed by atoms with E-state index in [2.05, 4.69) is 6.92 Å². The fourth-order valence-electron chi connectivity index (χ4n) is 1.05. The van der Waals surface area contributed by atoms with Crippen LogP contribution in [0.1, 0.15) is 25.3 Å². The third-order valence-corrected chi connectivity index (χ3v) is 2.73. The minimum absolute atomic E-state index is 0.574. The molecule has 0 saturated heterocycles. The minimum atomic E-state index is -1.65. The van der Waals surface area contributed by atoms with Crippen molar-refractivity contribution in [2.24, 2.45) is 0 Å². The summed E-state index contributed by atoms with van der Waals surface area (Å²) in [5.41, 5.74) is 1.04. The van der Waals surface area contributed by atoms with E-state index in [0.29, 0.717) is 6.61 Å². The summed E-state index contributed by atoms with van der Waals surface area (Å²) >= 11 is 0. The number of rotatable bonds is 6. The van der Waals surface area contributed by atoms with Crippen LogP contribution >= 0.6 is 8.03 Å². The van der Waals surface area contributed by atoms with Gasteiger partial charge in [-0.2, -0.15) is 0 Å². The Kier molecular flexibility index (Phi) is 5.91. The van der Waals surface area contributed by atoms with Gasteiger partial charge < -0.3 is 0 Å². The Morgan fingerprint density at radius 2 is 2.07 bits per heavy atom. The maximum atomic E-state index is 11.3. The number of unbranched alkanes of at least 4 members (excludes halogenated alkanes) is 1. The molecule has 0 amide bonds. The first-order valence-corrected chi connectivity index (χ1v) is 6.40. The number of hydrogen-bond donors (Lipinski definition) is 0. The Morgan fingerprint density at radius 1 is 1.33 bits per heavy atom. The van der Waals surface area contributed by atoms with Gasteiger partial charge in [-0.05, 0) is 22.6 Å². The molecule has 1 unspecified atom stereocenters. The van der Waals surface area contributed by atoms with Crippen LogP contribution in [0.15, 0.2) is 36.1 Å². The van der Waals surface area contributed by atoms with Gasteiger partial charge in [-0.15, -0.1) is 4.52 Å². The summed E-state index contributed by atoms with van der Waals surface area (Å²) in [6.45, 7) is 2.65. The monoisotopic (exact) mass is 223 g/mol. The van der Waals surface area contributed by atoms with Gasteiger partial charge in [0.15, 0.2) is 5.82 Å². The average molecular weight is 223 g/mol. The van der Waals surface area contributed by atoms with E-state index < -0.39 is 8.03 Å². The van der Waals surface area contributed by atoms with Crippen LogP contribution in [0.25, 0.3) is 6.08 Å². The first kappa shape index (κ1) is 12.1. The Balaban J connectivity index is 2.34. The summed E-state index contributed by atoms with van der Waals surface area (Å²) in [6, 6.07) is 9.78. The van der Waals surface area contributed by atoms with E-state index in [9.17, 15) is 4.57 Å². The summed E-state index contributed by atoms with van der Waals surface area (Å²) in [5, 5.41) is 0. The average Bonchev–Trinajstić information content (AvgIpc) is 2.28. The summed E-state index contributed by atoms with van der Waals surface area (Å²) in [7, 11) is -1.65. The van der Waals surface area contributed by atoms with Crippen molar-refractivity contribution >= 4 is 14.1 Å². The lowest BCUT2D eigenvalue weighted by Gasteiger charge is -1.88. The second-order valence-electron chi connectivity index (χ2n) is 3.20. The van der Waals surface area contributed by atoms with Crippen molar-refractivity contribution in [2.75, 3.05) is 6.61 Å². The molecule has 1 atom stereocenters. The van der Waals surface area contributed by atoms with E-state index in [1.54, 1.807) is 5.82 Å². The highest BCUT2D eigenvalue weighted by Gasteiger charge is 2.10. The summed E-state index contributed by atoms with van der Waals surface area (Å²) < 4.78 is 16.5. The minimum Gasteiger partial charge on any atom is -0.142 e. The van der Waals surface area contributed by atoms with Crippen LogP contribution in [0, 0.1) is 0 Å². The van der Waals surface area contributed by atoms with Gasteiger partial charge in [0.1, 0.15) is 6.61 Å². The number of benzene rings is 1. The SMILES string of the molecule is CCCCO[P+](=O)/C=C/c1ccccc1. The summed E-state index contributed by atoms with van der Waals surface area (Å²) in [5.74, 6) is 1.61. The van der Waals surface area contributed by atoms with Gasteiger partial charge in [-0.1, -0.05) is 43.7 Å². The van der Waals surface area contributed by atoms with E-state index in [4.69, 9.17) is 4.52 Å². The van der Waals surface area contributed by atoms with Crippen LogP contribution in [-0.4, -0.2) is 6.61 Å². The molecule has 2 nitrogen and oxygen atoms in total. The molecule has 3 heteroatoms. The van der Waals surface area contributed by atoms with E-state index in [0.717, 1.165) is 18.4 Å². The summed E-state index contributed by atoms with van der Waals surface area (Å²) in [4.78, 5) is 0. The van der Waals surface area contributed by atoms with Gasteiger partial charge in [-0.25, -0.2) is 0 Å². The van der Waals surface area contributed by atoms with Crippen LogP contribution in [0.3, 0.4) is 0 Å². The smallest absolute Gasteiger partial charge is 0.142 e.